The number of H-pyrrole nitrogens is 1. The fourth-order valence-corrected chi connectivity index (χ4v) is 2.05. The van der Waals surface area contributed by atoms with Crippen LogP contribution in [0.2, 0.25) is 0 Å². The normalized spacial score (nSPS) is 14.0. The Labute approximate surface area is 97.2 Å². The molecular weight excluding hydrogens is 202 g/mol. The topological polar surface area (TPSA) is 80.5 Å². The molecule has 1 heterocycles. The maximum atomic E-state index is 6.11. The molecule has 0 amide bonds. The van der Waals surface area contributed by atoms with Crippen molar-refractivity contribution in [3.63, 3.8) is 0 Å². The molecular formula is C11H23N5. The van der Waals surface area contributed by atoms with E-state index in [1.54, 1.807) is 0 Å². The van der Waals surface area contributed by atoms with Crippen molar-refractivity contribution in [2.45, 2.75) is 58.9 Å². The second-order valence-corrected chi connectivity index (χ2v) is 5.28. The van der Waals surface area contributed by atoms with Gasteiger partial charge in [0.2, 0.25) is 0 Å². The highest BCUT2D eigenvalue weighted by atomic mass is 15.5. The number of tetrazole rings is 1. The molecule has 0 aliphatic heterocycles. The lowest BCUT2D eigenvalue weighted by molar-refractivity contribution is 0.271. The van der Waals surface area contributed by atoms with Crippen LogP contribution in [0, 0.1) is 5.41 Å². The molecule has 1 atom stereocenters. The molecule has 3 N–H and O–H groups in total. The average Bonchev–Trinajstić information content (AvgIpc) is 2.66. The highest BCUT2D eigenvalue weighted by molar-refractivity contribution is 4.85. The summed E-state index contributed by atoms with van der Waals surface area (Å²) in [6.07, 6.45) is 5.47. The summed E-state index contributed by atoms with van der Waals surface area (Å²) in [6, 6.07) is 0.126. The zero-order chi connectivity index (χ0) is 12.0. The predicted octanol–water partition coefficient (Wildman–Crippen LogP) is 1.68. The van der Waals surface area contributed by atoms with Gasteiger partial charge in [-0.05, 0) is 28.7 Å². The summed E-state index contributed by atoms with van der Waals surface area (Å²) >= 11 is 0. The molecule has 0 bridgehead atoms. The fourth-order valence-electron chi connectivity index (χ4n) is 2.05. The van der Waals surface area contributed by atoms with Gasteiger partial charge in [-0.1, -0.05) is 33.6 Å². The number of nitrogens with zero attached hydrogens (tertiary/aromatic N) is 3. The number of nitrogens with one attached hydrogen (secondary N) is 1. The maximum absolute atomic E-state index is 6.11. The van der Waals surface area contributed by atoms with Gasteiger partial charge in [-0.3, -0.25) is 0 Å². The molecule has 1 aromatic rings. The number of nitrogens with two attached hydrogens (primary N) is 1. The number of hydrogen-bond acceptors (Lipinski definition) is 4. The van der Waals surface area contributed by atoms with Gasteiger partial charge in [0.1, 0.15) is 5.82 Å². The fraction of sp³-hybridized carbons (Fsp3) is 0.909. The minimum absolute atomic E-state index is 0.126. The first-order chi connectivity index (χ1) is 7.53. The van der Waals surface area contributed by atoms with E-state index in [4.69, 9.17) is 5.73 Å². The lowest BCUT2D eigenvalue weighted by atomic mass is 9.80. The third kappa shape index (κ3) is 4.70. The summed E-state index contributed by atoms with van der Waals surface area (Å²) in [5, 5.41) is 13.7. The minimum atomic E-state index is 0.126. The van der Waals surface area contributed by atoms with Crippen LogP contribution in [-0.2, 0) is 6.42 Å². The molecule has 0 spiro atoms. The molecule has 1 rings (SSSR count). The van der Waals surface area contributed by atoms with E-state index in [-0.39, 0.29) is 6.04 Å². The van der Waals surface area contributed by atoms with E-state index in [9.17, 15) is 0 Å². The van der Waals surface area contributed by atoms with Crippen LogP contribution in [0.15, 0.2) is 0 Å². The third-order valence-electron chi connectivity index (χ3n) is 2.87. The number of aromatic amines is 1. The monoisotopic (exact) mass is 225 g/mol. The largest absolute Gasteiger partial charge is 0.327 e. The molecule has 0 aliphatic carbocycles. The number of hydrogen-bond donors (Lipinski definition) is 2. The Balaban J connectivity index is 2.35. The first-order valence-electron chi connectivity index (χ1n) is 6.01. The molecule has 16 heavy (non-hydrogen) atoms. The summed E-state index contributed by atoms with van der Waals surface area (Å²) in [4.78, 5) is 0. The molecule has 0 fully saturated rings. The summed E-state index contributed by atoms with van der Waals surface area (Å²) in [7, 11) is 0. The predicted molar refractivity (Wildman–Crippen MR) is 63.8 cm³/mol. The second kappa shape index (κ2) is 5.94. The summed E-state index contributed by atoms with van der Waals surface area (Å²) in [6.45, 7) is 6.78. The van der Waals surface area contributed by atoms with Crippen molar-refractivity contribution >= 4 is 0 Å². The van der Waals surface area contributed by atoms with Crippen molar-refractivity contribution in [1.82, 2.24) is 20.6 Å². The maximum Gasteiger partial charge on any atom is 0.149 e. The number of rotatable bonds is 7. The Morgan fingerprint density at radius 3 is 2.75 bits per heavy atom. The van der Waals surface area contributed by atoms with Crippen LogP contribution < -0.4 is 5.73 Å². The van der Waals surface area contributed by atoms with Gasteiger partial charge < -0.3 is 5.73 Å². The van der Waals surface area contributed by atoms with Crippen molar-refractivity contribution in [1.29, 1.82) is 0 Å². The van der Waals surface area contributed by atoms with E-state index in [0.717, 1.165) is 18.7 Å². The number of unbranched alkanes of at least 4 members (excludes halogenated alkanes) is 1. The Kier molecular flexibility index (Phi) is 4.86. The molecule has 5 heteroatoms. The van der Waals surface area contributed by atoms with E-state index in [1.807, 2.05) is 0 Å². The van der Waals surface area contributed by atoms with E-state index < -0.39 is 0 Å². The zero-order valence-corrected chi connectivity index (χ0v) is 10.5. The molecule has 0 radical (unpaired) electrons. The SMILES string of the molecule is CCCCC(C)(C)CC(N)Cc1nnn[nH]1. The van der Waals surface area contributed by atoms with Crippen molar-refractivity contribution in [2.75, 3.05) is 0 Å². The molecule has 1 aromatic heterocycles. The van der Waals surface area contributed by atoms with Gasteiger partial charge >= 0.3 is 0 Å². The van der Waals surface area contributed by atoms with Crippen LogP contribution >= 0.6 is 0 Å². The molecule has 0 aliphatic rings. The van der Waals surface area contributed by atoms with Crippen LogP contribution in [0.5, 0.6) is 0 Å². The van der Waals surface area contributed by atoms with Crippen molar-refractivity contribution in [3.8, 4) is 0 Å². The van der Waals surface area contributed by atoms with Gasteiger partial charge in [0, 0.05) is 12.5 Å². The average molecular weight is 225 g/mol. The molecule has 0 saturated heterocycles. The Morgan fingerprint density at radius 2 is 2.19 bits per heavy atom. The Hall–Kier alpha value is -0.970. The van der Waals surface area contributed by atoms with Crippen LogP contribution in [-0.4, -0.2) is 26.7 Å². The summed E-state index contributed by atoms with van der Waals surface area (Å²) in [5.41, 5.74) is 6.42. The van der Waals surface area contributed by atoms with Gasteiger partial charge in [-0.15, -0.1) is 5.10 Å². The minimum Gasteiger partial charge on any atom is -0.327 e. The van der Waals surface area contributed by atoms with Crippen LogP contribution in [0.1, 0.15) is 52.3 Å². The second-order valence-electron chi connectivity index (χ2n) is 5.28. The van der Waals surface area contributed by atoms with Crippen molar-refractivity contribution in [3.05, 3.63) is 5.82 Å². The zero-order valence-electron chi connectivity index (χ0n) is 10.5. The van der Waals surface area contributed by atoms with E-state index in [0.29, 0.717) is 5.41 Å². The van der Waals surface area contributed by atoms with E-state index in [2.05, 4.69) is 41.4 Å². The summed E-state index contributed by atoms with van der Waals surface area (Å²) in [5.74, 6) is 0.777. The van der Waals surface area contributed by atoms with Crippen molar-refractivity contribution < 1.29 is 0 Å². The molecule has 92 valence electrons. The molecule has 5 nitrogen and oxygen atoms in total. The lowest BCUT2D eigenvalue weighted by Gasteiger charge is -2.27. The Bertz CT molecular complexity index is 281. The third-order valence-corrected chi connectivity index (χ3v) is 2.87. The first-order valence-corrected chi connectivity index (χ1v) is 6.01. The van der Waals surface area contributed by atoms with E-state index >= 15 is 0 Å². The quantitative estimate of drug-likeness (QED) is 0.739. The van der Waals surface area contributed by atoms with Gasteiger partial charge in [0.25, 0.3) is 0 Å². The van der Waals surface area contributed by atoms with Gasteiger partial charge in [-0.2, -0.15) is 0 Å². The first kappa shape index (κ1) is 13.1. The summed E-state index contributed by atoms with van der Waals surface area (Å²) < 4.78 is 0. The smallest absolute Gasteiger partial charge is 0.149 e. The standard InChI is InChI=1S/C11H23N5/c1-4-5-6-11(2,3)8-9(12)7-10-13-15-16-14-10/h9H,4-8,12H2,1-3H3,(H,13,14,15,16). The molecule has 0 saturated carbocycles. The van der Waals surface area contributed by atoms with Gasteiger partial charge in [-0.25, -0.2) is 5.10 Å². The highest BCUT2D eigenvalue weighted by Crippen LogP contribution is 2.28. The Morgan fingerprint density at radius 1 is 1.44 bits per heavy atom. The molecule has 0 aromatic carbocycles. The number of aromatic nitrogens is 4. The van der Waals surface area contributed by atoms with Crippen LogP contribution in [0.4, 0.5) is 0 Å². The molecule has 1 unspecified atom stereocenters. The van der Waals surface area contributed by atoms with Gasteiger partial charge in [0.15, 0.2) is 0 Å². The highest BCUT2D eigenvalue weighted by Gasteiger charge is 2.21. The van der Waals surface area contributed by atoms with Gasteiger partial charge in [0.05, 0.1) is 0 Å². The van der Waals surface area contributed by atoms with Crippen LogP contribution in [0.3, 0.4) is 0 Å². The lowest BCUT2D eigenvalue weighted by Crippen LogP contribution is -2.30. The van der Waals surface area contributed by atoms with Crippen molar-refractivity contribution in [2.24, 2.45) is 11.1 Å². The van der Waals surface area contributed by atoms with Crippen LogP contribution in [0.25, 0.3) is 0 Å². The van der Waals surface area contributed by atoms with E-state index in [1.165, 1.54) is 19.3 Å².